The fourth-order valence-electron chi connectivity index (χ4n) is 1.59. The summed E-state index contributed by atoms with van der Waals surface area (Å²) in [5.41, 5.74) is 1.21. The Morgan fingerprint density at radius 2 is 1.89 bits per heavy atom. The fraction of sp³-hybridized carbons (Fsp3) is 0.538. The molecule has 0 fully saturated rings. The summed E-state index contributed by atoms with van der Waals surface area (Å²) in [4.78, 5) is 0. The zero-order chi connectivity index (χ0) is 13.4. The van der Waals surface area contributed by atoms with E-state index in [-0.39, 0.29) is 0 Å². The van der Waals surface area contributed by atoms with Crippen LogP contribution in [0.1, 0.15) is 18.9 Å². The summed E-state index contributed by atoms with van der Waals surface area (Å²) in [5.74, 6) is 0.829. The van der Waals surface area contributed by atoms with E-state index in [4.69, 9.17) is 9.47 Å². The summed E-state index contributed by atoms with van der Waals surface area (Å²) in [7, 11) is 1.66. The number of halogens is 2. The Morgan fingerprint density at radius 3 is 2.44 bits per heavy atom. The Bertz CT molecular complexity index is 349. The molecule has 0 aliphatic rings. The maximum Gasteiger partial charge on any atom is 0.147 e. The van der Waals surface area contributed by atoms with Gasteiger partial charge in [-0.05, 0) is 69.4 Å². The fourth-order valence-corrected chi connectivity index (χ4v) is 3.19. The SMILES string of the molecule is CCOCCCNCc1cc(Br)c(OC)c(Br)c1. The molecule has 1 N–H and O–H groups in total. The van der Waals surface area contributed by atoms with Gasteiger partial charge in [-0.2, -0.15) is 0 Å². The van der Waals surface area contributed by atoms with Gasteiger partial charge in [0.1, 0.15) is 5.75 Å². The van der Waals surface area contributed by atoms with Crippen molar-refractivity contribution in [3.05, 3.63) is 26.6 Å². The van der Waals surface area contributed by atoms with Crippen LogP contribution in [0.25, 0.3) is 0 Å². The van der Waals surface area contributed by atoms with Crippen LogP contribution >= 0.6 is 31.9 Å². The van der Waals surface area contributed by atoms with E-state index in [9.17, 15) is 0 Å². The molecule has 0 unspecified atom stereocenters. The first-order valence-electron chi connectivity index (χ1n) is 5.99. The van der Waals surface area contributed by atoms with Crippen LogP contribution in [-0.2, 0) is 11.3 Å². The smallest absolute Gasteiger partial charge is 0.147 e. The normalized spacial score (nSPS) is 10.7. The van der Waals surface area contributed by atoms with Crippen LogP contribution in [0.15, 0.2) is 21.1 Å². The first-order valence-corrected chi connectivity index (χ1v) is 7.58. The molecule has 5 heteroatoms. The van der Waals surface area contributed by atoms with Gasteiger partial charge in [0, 0.05) is 19.8 Å². The van der Waals surface area contributed by atoms with E-state index < -0.39 is 0 Å². The van der Waals surface area contributed by atoms with E-state index in [0.717, 1.165) is 47.4 Å². The summed E-state index contributed by atoms with van der Waals surface area (Å²) < 4.78 is 12.5. The van der Waals surface area contributed by atoms with Gasteiger partial charge in [-0.1, -0.05) is 0 Å². The molecule has 0 atom stereocenters. The van der Waals surface area contributed by atoms with E-state index >= 15 is 0 Å². The van der Waals surface area contributed by atoms with Gasteiger partial charge in [-0.25, -0.2) is 0 Å². The minimum atomic E-state index is 0.790. The predicted octanol–water partition coefficient (Wildman–Crippen LogP) is 3.74. The molecule has 0 heterocycles. The third kappa shape index (κ3) is 5.26. The minimum Gasteiger partial charge on any atom is -0.494 e. The molecule has 3 nitrogen and oxygen atoms in total. The van der Waals surface area contributed by atoms with Gasteiger partial charge in [0.25, 0.3) is 0 Å². The molecule has 102 valence electrons. The largest absolute Gasteiger partial charge is 0.494 e. The van der Waals surface area contributed by atoms with Crippen molar-refractivity contribution in [1.82, 2.24) is 5.32 Å². The number of ether oxygens (including phenoxy) is 2. The number of benzene rings is 1. The molecule has 0 saturated heterocycles. The van der Waals surface area contributed by atoms with Crippen LogP contribution in [0.2, 0.25) is 0 Å². The van der Waals surface area contributed by atoms with Crippen molar-refractivity contribution in [1.29, 1.82) is 0 Å². The van der Waals surface area contributed by atoms with Gasteiger partial charge in [0.05, 0.1) is 16.1 Å². The van der Waals surface area contributed by atoms with Crippen LogP contribution in [0.4, 0.5) is 0 Å². The van der Waals surface area contributed by atoms with Crippen molar-refractivity contribution in [2.75, 3.05) is 26.9 Å². The summed E-state index contributed by atoms with van der Waals surface area (Å²) in [6, 6.07) is 4.14. The highest BCUT2D eigenvalue weighted by Gasteiger charge is 2.07. The maximum atomic E-state index is 5.28. The molecule has 0 spiro atoms. The minimum absolute atomic E-state index is 0.790. The lowest BCUT2D eigenvalue weighted by Gasteiger charge is -2.10. The molecule has 1 aromatic rings. The van der Waals surface area contributed by atoms with Gasteiger partial charge < -0.3 is 14.8 Å². The third-order valence-electron chi connectivity index (χ3n) is 2.44. The van der Waals surface area contributed by atoms with Crippen LogP contribution in [0.3, 0.4) is 0 Å². The predicted molar refractivity (Wildman–Crippen MR) is 81.2 cm³/mol. The van der Waals surface area contributed by atoms with Crippen LogP contribution in [0.5, 0.6) is 5.75 Å². The molecule has 0 saturated carbocycles. The highest BCUT2D eigenvalue weighted by atomic mass is 79.9. The zero-order valence-electron chi connectivity index (χ0n) is 10.8. The number of methoxy groups -OCH3 is 1. The summed E-state index contributed by atoms with van der Waals surface area (Å²) >= 11 is 7.00. The van der Waals surface area contributed by atoms with E-state index in [1.165, 1.54) is 5.56 Å². The molecule has 18 heavy (non-hydrogen) atoms. The van der Waals surface area contributed by atoms with Crippen molar-refractivity contribution in [2.45, 2.75) is 19.9 Å². The molecular formula is C13H19Br2NO2. The van der Waals surface area contributed by atoms with Gasteiger partial charge in [0.2, 0.25) is 0 Å². The highest BCUT2D eigenvalue weighted by Crippen LogP contribution is 2.34. The Balaban J connectivity index is 2.39. The Kier molecular flexibility index (Phi) is 7.90. The molecule has 0 aliphatic heterocycles. The van der Waals surface area contributed by atoms with Gasteiger partial charge in [-0.3, -0.25) is 0 Å². The Hall–Kier alpha value is -0.100. The molecule has 1 rings (SSSR count). The first kappa shape index (κ1) is 16.0. The van der Waals surface area contributed by atoms with Crippen molar-refractivity contribution in [2.24, 2.45) is 0 Å². The molecule has 0 bridgehead atoms. The van der Waals surface area contributed by atoms with Crippen LogP contribution in [-0.4, -0.2) is 26.9 Å². The van der Waals surface area contributed by atoms with Crippen molar-refractivity contribution in [3.63, 3.8) is 0 Å². The van der Waals surface area contributed by atoms with E-state index in [0.29, 0.717) is 0 Å². The van der Waals surface area contributed by atoms with Gasteiger partial charge in [-0.15, -0.1) is 0 Å². The monoisotopic (exact) mass is 379 g/mol. The average Bonchev–Trinajstić information content (AvgIpc) is 2.33. The second-order valence-electron chi connectivity index (χ2n) is 3.82. The van der Waals surface area contributed by atoms with E-state index in [1.54, 1.807) is 7.11 Å². The molecular weight excluding hydrogens is 362 g/mol. The number of hydrogen-bond acceptors (Lipinski definition) is 3. The van der Waals surface area contributed by atoms with Crippen LogP contribution < -0.4 is 10.1 Å². The van der Waals surface area contributed by atoms with E-state index in [1.807, 2.05) is 6.92 Å². The summed E-state index contributed by atoms with van der Waals surface area (Å²) in [6.45, 7) is 5.42. The maximum absolute atomic E-state index is 5.28. The average molecular weight is 381 g/mol. The lowest BCUT2D eigenvalue weighted by Crippen LogP contribution is -2.16. The van der Waals surface area contributed by atoms with Crippen LogP contribution in [0, 0.1) is 0 Å². The van der Waals surface area contributed by atoms with Crippen molar-refractivity contribution in [3.8, 4) is 5.75 Å². The molecule has 0 aromatic heterocycles. The summed E-state index contributed by atoms with van der Waals surface area (Å²) in [5, 5.41) is 3.39. The highest BCUT2D eigenvalue weighted by molar-refractivity contribution is 9.11. The molecule has 0 aliphatic carbocycles. The topological polar surface area (TPSA) is 30.5 Å². The molecule has 0 amide bonds. The van der Waals surface area contributed by atoms with Gasteiger partial charge >= 0.3 is 0 Å². The van der Waals surface area contributed by atoms with Gasteiger partial charge in [0.15, 0.2) is 0 Å². The van der Waals surface area contributed by atoms with Crippen molar-refractivity contribution >= 4 is 31.9 Å². The number of nitrogens with one attached hydrogen (secondary N) is 1. The number of hydrogen-bond donors (Lipinski definition) is 1. The second kappa shape index (κ2) is 8.91. The Labute approximate surface area is 125 Å². The third-order valence-corrected chi connectivity index (χ3v) is 3.62. The molecule has 1 aromatic carbocycles. The lowest BCUT2D eigenvalue weighted by molar-refractivity contribution is 0.144. The van der Waals surface area contributed by atoms with E-state index in [2.05, 4.69) is 49.3 Å². The molecule has 0 radical (unpaired) electrons. The lowest BCUT2D eigenvalue weighted by atomic mass is 10.2. The Morgan fingerprint density at radius 1 is 1.22 bits per heavy atom. The first-order chi connectivity index (χ1) is 8.69. The number of rotatable bonds is 8. The standard InChI is InChI=1S/C13H19Br2NO2/c1-3-18-6-4-5-16-9-10-7-11(14)13(17-2)12(15)8-10/h7-8,16H,3-6,9H2,1-2H3. The second-order valence-corrected chi connectivity index (χ2v) is 5.53. The quantitative estimate of drug-likeness (QED) is 0.697. The summed E-state index contributed by atoms with van der Waals surface area (Å²) in [6.07, 6.45) is 1.03. The van der Waals surface area contributed by atoms with Crippen molar-refractivity contribution < 1.29 is 9.47 Å². The zero-order valence-corrected chi connectivity index (χ0v) is 13.9.